The molecule has 4 aromatic rings. The molecule has 0 aliphatic carbocycles. The number of rotatable bonds is 3. The number of benzene rings is 2. The van der Waals surface area contributed by atoms with Crippen LogP contribution in [0.5, 0.6) is 0 Å². The lowest BCUT2D eigenvalue weighted by Crippen LogP contribution is -2.15. The number of amides is 1. The number of fused-ring (bicyclic) bond motifs is 1. The van der Waals surface area contributed by atoms with Gasteiger partial charge in [0.05, 0.1) is 15.9 Å². The first-order valence-electron chi connectivity index (χ1n) is 8.42. The lowest BCUT2D eigenvalue weighted by Gasteiger charge is -2.06. The Morgan fingerprint density at radius 3 is 2.74 bits per heavy atom. The van der Waals surface area contributed by atoms with E-state index in [-0.39, 0.29) is 5.56 Å². The van der Waals surface area contributed by atoms with E-state index in [2.05, 4.69) is 29.5 Å². The summed E-state index contributed by atoms with van der Waals surface area (Å²) in [7, 11) is 0. The summed E-state index contributed by atoms with van der Waals surface area (Å²) in [6.45, 7) is 5.92. The fraction of sp³-hybridized carbons (Fsp3) is 0.150. The average Bonchev–Trinajstić information content (AvgIpc) is 3.18. The van der Waals surface area contributed by atoms with E-state index in [4.69, 9.17) is 4.98 Å². The van der Waals surface area contributed by atoms with Gasteiger partial charge in [0.15, 0.2) is 0 Å². The summed E-state index contributed by atoms with van der Waals surface area (Å²) in [6, 6.07) is 11.5. The normalized spacial score (nSPS) is 11.1. The minimum atomic E-state index is -0.454. The second kappa shape index (κ2) is 6.59. The van der Waals surface area contributed by atoms with Gasteiger partial charge in [-0.2, -0.15) is 9.78 Å². The fourth-order valence-corrected chi connectivity index (χ4v) is 4.11. The molecule has 2 aromatic heterocycles. The minimum Gasteiger partial charge on any atom is -0.306 e. The number of aryl methyl sites for hydroxylation is 3. The van der Waals surface area contributed by atoms with Crippen molar-refractivity contribution in [2.75, 3.05) is 5.32 Å². The summed E-state index contributed by atoms with van der Waals surface area (Å²) in [5.41, 5.74) is 4.19. The van der Waals surface area contributed by atoms with Crippen LogP contribution in [-0.2, 0) is 0 Å². The predicted octanol–water partition coefficient (Wildman–Crippen LogP) is 4.80. The molecule has 4 rings (SSSR count). The van der Waals surface area contributed by atoms with Crippen LogP contribution in [0.15, 0.2) is 42.5 Å². The van der Waals surface area contributed by atoms with Crippen molar-refractivity contribution < 1.29 is 9.18 Å². The molecule has 0 fully saturated rings. The van der Waals surface area contributed by atoms with Gasteiger partial charge in [0.25, 0.3) is 5.91 Å². The van der Waals surface area contributed by atoms with Crippen molar-refractivity contribution in [1.29, 1.82) is 0 Å². The molecule has 0 bridgehead atoms. The Morgan fingerprint density at radius 1 is 1.15 bits per heavy atom. The molecular weight excluding hydrogens is 363 g/mol. The van der Waals surface area contributed by atoms with Gasteiger partial charge in [-0.15, -0.1) is 0 Å². The van der Waals surface area contributed by atoms with Crippen LogP contribution in [-0.4, -0.2) is 20.7 Å². The number of thiazole rings is 1. The molecule has 2 aromatic carbocycles. The number of carbonyl (C=O) groups is 1. The number of hydrogen-bond acceptors (Lipinski definition) is 4. The van der Waals surface area contributed by atoms with E-state index < -0.39 is 11.7 Å². The standard InChI is InChI=1S/C20H17FN4OS/c1-11-7-12(2)18-16(8-11)27-20(23-18)25-17(9-13(3)24-25)22-19(26)14-5-4-6-15(21)10-14/h4-10H,1-3H3,(H,22,26). The SMILES string of the molecule is Cc1cc(C)c2nc(-n3nc(C)cc3NC(=O)c3cccc(F)c3)sc2c1. The van der Waals surface area contributed by atoms with Crippen LogP contribution in [0, 0.1) is 26.6 Å². The van der Waals surface area contributed by atoms with Gasteiger partial charge in [-0.05, 0) is 56.2 Å². The molecule has 2 heterocycles. The Bertz CT molecular complexity index is 1180. The summed E-state index contributed by atoms with van der Waals surface area (Å²) < 4.78 is 16.1. The van der Waals surface area contributed by atoms with Crippen LogP contribution in [0.4, 0.5) is 10.2 Å². The number of hydrogen-bond donors (Lipinski definition) is 1. The lowest BCUT2D eigenvalue weighted by molar-refractivity contribution is 0.102. The third-order valence-electron chi connectivity index (χ3n) is 4.16. The van der Waals surface area contributed by atoms with Crippen LogP contribution in [0.1, 0.15) is 27.2 Å². The van der Waals surface area contributed by atoms with Crippen molar-refractivity contribution in [3.63, 3.8) is 0 Å². The number of nitrogens with one attached hydrogen (secondary N) is 1. The van der Waals surface area contributed by atoms with E-state index in [1.54, 1.807) is 16.8 Å². The van der Waals surface area contributed by atoms with Crippen molar-refractivity contribution in [2.24, 2.45) is 0 Å². The van der Waals surface area contributed by atoms with Gasteiger partial charge in [0.2, 0.25) is 5.13 Å². The molecule has 0 aliphatic heterocycles. The average molecular weight is 380 g/mol. The first-order chi connectivity index (χ1) is 12.9. The molecule has 27 heavy (non-hydrogen) atoms. The van der Waals surface area contributed by atoms with Crippen molar-refractivity contribution in [3.05, 3.63) is 70.7 Å². The maximum absolute atomic E-state index is 13.4. The van der Waals surface area contributed by atoms with Gasteiger partial charge in [-0.3, -0.25) is 4.79 Å². The monoisotopic (exact) mass is 380 g/mol. The third kappa shape index (κ3) is 3.33. The third-order valence-corrected chi connectivity index (χ3v) is 5.14. The van der Waals surface area contributed by atoms with Gasteiger partial charge in [-0.1, -0.05) is 23.5 Å². The van der Waals surface area contributed by atoms with E-state index in [1.165, 1.54) is 35.1 Å². The highest BCUT2D eigenvalue weighted by molar-refractivity contribution is 7.20. The molecule has 1 amide bonds. The molecular formula is C20H17FN4OS. The molecule has 0 unspecified atom stereocenters. The molecule has 0 saturated heterocycles. The second-order valence-corrected chi connectivity index (χ2v) is 7.48. The van der Waals surface area contributed by atoms with E-state index in [9.17, 15) is 9.18 Å². The van der Waals surface area contributed by atoms with Crippen molar-refractivity contribution in [3.8, 4) is 5.13 Å². The zero-order chi connectivity index (χ0) is 19.1. The van der Waals surface area contributed by atoms with Gasteiger partial charge in [-0.25, -0.2) is 9.37 Å². The lowest BCUT2D eigenvalue weighted by atomic mass is 10.1. The molecule has 0 radical (unpaired) electrons. The number of anilines is 1. The first kappa shape index (κ1) is 17.4. The molecule has 136 valence electrons. The predicted molar refractivity (Wildman–Crippen MR) is 105 cm³/mol. The molecule has 0 spiro atoms. The van der Waals surface area contributed by atoms with E-state index in [0.717, 1.165) is 21.5 Å². The van der Waals surface area contributed by atoms with E-state index >= 15 is 0 Å². The highest BCUT2D eigenvalue weighted by atomic mass is 32.1. The van der Waals surface area contributed by atoms with Gasteiger partial charge in [0.1, 0.15) is 11.6 Å². The smallest absolute Gasteiger partial charge is 0.256 e. The van der Waals surface area contributed by atoms with Gasteiger partial charge >= 0.3 is 0 Å². The molecule has 7 heteroatoms. The van der Waals surface area contributed by atoms with Gasteiger partial charge in [0, 0.05) is 11.6 Å². The molecule has 0 saturated carbocycles. The summed E-state index contributed by atoms with van der Waals surface area (Å²) in [6.07, 6.45) is 0. The quantitative estimate of drug-likeness (QED) is 0.555. The first-order valence-corrected chi connectivity index (χ1v) is 9.24. The van der Waals surface area contributed by atoms with E-state index in [1.807, 2.05) is 13.8 Å². The zero-order valence-electron chi connectivity index (χ0n) is 15.1. The highest BCUT2D eigenvalue weighted by Crippen LogP contribution is 2.30. The Kier molecular flexibility index (Phi) is 4.24. The Morgan fingerprint density at radius 2 is 1.96 bits per heavy atom. The fourth-order valence-electron chi connectivity index (χ4n) is 3.00. The Hall–Kier alpha value is -3.06. The Balaban J connectivity index is 1.73. The topological polar surface area (TPSA) is 59.8 Å². The van der Waals surface area contributed by atoms with Crippen molar-refractivity contribution in [2.45, 2.75) is 20.8 Å². The number of carbonyl (C=O) groups excluding carboxylic acids is 1. The van der Waals surface area contributed by atoms with Crippen molar-refractivity contribution in [1.82, 2.24) is 14.8 Å². The van der Waals surface area contributed by atoms with Crippen LogP contribution < -0.4 is 5.32 Å². The molecule has 1 N–H and O–H groups in total. The molecule has 0 aliphatic rings. The summed E-state index contributed by atoms with van der Waals surface area (Å²) in [5.74, 6) is -0.358. The Labute approximate surface area is 159 Å². The largest absolute Gasteiger partial charge is 0.306 e. The summed E-state index contributed by atoms with van der Waals surface area (Å²) in [5, 5.41) is 7.94. The van der Waals surface area contributed by atoms with Gasteiger partial charge < -0.3 is 5.32 Å². The molecule has 5 nitrogen and oxygen atoms in total. The number of halogens is 1. The number of aromatic nitrogens is 3. The second-order valence-electron chi connectivity index (χ2n) is 6.47. The van der Waals surface area contributed by atoms with Crippen molar-refractivity contribution >= 4 is 33.3 Å². The zero-order valence-corrected chi connectivity index (χ0v) is 15.9. The summed E-state index contributed by atoms with van der Waals surface area (Å²) >= 11 is 1.51. The molecule has 0 atom stereocenters. The van der Waals surface area contributed by atoms with Crippen LogP contribution in [0.3, 0.4) is 0 Å². The maximum Gasteiger partial charge on any atom is 0.256 e. The number of nitrogens with zero attached hydrogens (tertiary/aromatic N) is 3. The van der Waals surface area contributed by atoms with E-state index in [0.29, 0.717) is 10.9 Å². The minimum absolute atomic E-state index is 0.246. The highest BCUT2D eigenvalue weighted by Gasteiger charge is 2.16. The maximum atomic E-state index is 13.4. The summed E-state index contributed by atoms with van der Waals surface area (Å²) in [4.78, 5) is 17.2. The van der Waals surface area contributed by atoms with Crippen LogP contribution in [0.25, 0.3) is 15.3 Å². The van der Waals surface area contributed by atoms with Crippen LogP contribution in [0.2, 0.25) is 0 Å². The van der Waals surface area contributed by atoms with Crippen LogP contribution >= 0.6 is 11.3 Å².